The Hall–Kier alpha value is -2.66. The van der Waals surface area contributed by atoms with E-state index in [1.54, 1.807) is 0 Å². The van der Waals surface area contributed by atoms with E-state index in [0.29, 0.717) is 16.9 Å². The highest BCUT2D eigenvalue weighted by atomic mass is 35.5. The molecule has 0 bridgehead atoms. The van der Waals surface area contributed by atoms with E-state index in [-0.39, 0.29) is 18.5 Å². The lowest BCUT2D eigenvalue weighted by Crippen LogP contribution is -2.14. The fourth-order valence-corrected chi connectivity index (χ4v) is 2.82. The fraction of sp³-hybridized carbons (Fsp3) is 0.286. The SMILES string of the molecule is CCc1ccccc1Nc1c(C(=O)OC(C)C)cnc2nc(C)ccc12.Cl. The fourth-order valence-electron chi connectivity index (χ4n) is 2.82. The number of benzene rings is 1. The summed E-state index contributed by atoms with van der Waals surface area (Å²) in [5.74, 6) is -0.397. The van der Waals surface area contributed by atoms with Gasteiger partial charge in [-0.1, -0.05) is 25.1 Å². The van der Waals surface area contributed by atoms with Crippen LogP contribution in [-0.4, -0.2) is 22.0 Å². The van der Waals surface area contributed by atoms with E-state index < -0.39 is 5.97 Å². The van der Waals surface area contributed by atoms with Gasteiger partial charge in [0.25, 0.3) is 0 Å². The summed E-state index contributed by atoms with van der Waals surface area (Å²) in [5.41, 5.74) is 4.68. The molecule has 1 aromatic carbocycles. The smallest absolute Gasteiger partial charge is 0.342 e. The zero-order valence-electron chi connectivity index (χ0n) is 15.9. The second-order valence-corrected chi connectivity index (χ2v) is 6.46. The van der Waals surface area contributed by atoms with Gasteiger partial charge in [0, 0.05) is 23.0 Å². The molecule has 0 saturated heterocycles. The molecule has 3 aromatic rings. The van der Waals surface area contributed by atoms with E-state index in [1.165, 1.54) is 11.8 Å². The molecule has 0 unspecified atom stereocenters. The average Bonchev–Trinajstić information content (AvgIpc) is 2.61. The Kier molecular flexibility index (Phi) is 6.75. The number of hydrogen-bond acceptors (Lipinski definition) is 5. The van der Waals surface area contributed by atoms with Crippen molar-refractivity contribution in [2.45, 2.75) is 40.2 Å². The van der Waals surface area contributed by atoms with Crippen molar-refractivity contribution in [3.8, 4) is 0 Å². The number of fused-ring (bicyclic) bond motifs is 1. The second-order valence-electron chi connectivity index (χ2n) is 6.46. The molecule has 0 aliphatic carbocycles. The number of hydrogen-bond donors (Lipinski definition) is 1. The van der Waals surface area contributed by atoms with E-state index in [0.717, 1.165) is 23.2 Å². The van der Waals surface area contributed by atoms with E-state index in [4.69, 9.17) is 4.74 Å². The molecular weight excluding hydrogens is 362 g/mol. The van der Waals surface area contributed by atoms with Crippen molar-refractivity contribution < 1.29 is 9.53 Å². The zero-order valence-corrected chi connectivity index (χ0v) is 16.8. The minimum atomic E-state index is -0.397. The third kappa shape index (κ3) is 4.55. The number of anilines is 2. The van der Waals surface area contributed by atoms with Crippen LogP contribution in [0, 0.1) is 6.92 Å². The first kappa shape index (κ1) is 20.6. The quantitative estimate of drug-likeness (QED) is 0.609. The molecule has 6 heteroatoms. The summed E-state index contributed by atoms with van der Waals surface area (Å²) in [6.07, 6.45) is 2.22. The van der Waals surface area contributed by atoms with Crippen molar-refractivity contribution in [1.29, 1.82) is 0 Å². The molecule has 0 aliphatic rings. The highest BCUT2D eigenvalue weighted by Gasteiger charge is 2.19. The monoisotopic (exact) mass is 385 g/mol. The highest BCUT2D eigenvalue weighted by Crippen LogP contribution is 2.31. The molecule has 1 N–H and O–H groups in total. The number of carbonyl (C=O) groups is 1. The van der Waals surface area contributed by atoms with Crippen LogP contribution in [0.2, 0.25) is 0 Å². The predicted octanol–water partition coefficient (Wildman–Crippen LogP) is 5.23. The molecular formula is C21H24ClN3O2. The van der Waals surface area contributed by atoms with E-state index >= 15 is 0 Å². The van der Waals surface area contributed by atoms with Gasteiger partial charge >= 0.3 is 5.97 Å². The number of aromatic nitrogens is 2. The number of ether oxygens (including phenoxy) is 1. The lowest BCUT2D eigenvalue weighted by molar-refractivity contribution is 0.0379. The lowest BCUT2D eigenvalue weighted by atomic mass is 10.1. The van der Waals surface area contributed by atoms with Gasteiger partial charge in [0.2, 0.25) is 0 Å². The van der Waals surface area contributed by atoms with Crippen LogP contribution in [0.15, 0.2) is 42.6 Å². The average molecular weight is 386 g/mol. The van der Waals surface area contributed by atoms with E-state index in [9.17, 15) is 4.79 Å². The van der Waals surface area contributed by atoms with Crippen molar-refractivity contribution >= 4 is 40.8 Å². The van der Waals surface area contributed by atoms with Gasteiger partial charge in [-0.05, 0) is 51.0 Å². The molecule has 5 nitrogen and oxygen atoms in total. The molecule has 27 heavy (non-hydrogen) atoms. The van der Waals surface area contributed by atoms with Crippen LogP contribution >= 0.6 is 12.4 Å². The summed E-state index contributed by atoms with van der Waals surface area (Å²) < 4.78 is 5.40. The van der Waals surface area contributed by atoms with Crippen molar-refractivity contribution in [1.82, 2.24) is 9.97 Å². The van der Waals surface area contributed by atoms with Crippen LogP contribution in [0.1, 0.15) is 42.4 Å². The van der Waals surface area contributed by atoms with Crippen LogP contribution in [-0.2, 0) is 11.2 Å². The van der Waals surface area contributed by atoms with Crippen molar-refractivity contribution in [3.05, 3.63) is 59.4 Å². The standard InChI is InChI=1S/C21H23N3O2.ClH/c1-5-15-8-6-7-9-18(15)24-19-16-11-10-14(4)23-20(16)22-12-17(19)21(25)26-13(2)3;/h6-13H,5H2,1-4H3,(H,22,23,24);1H. The van der Waals surface area contributed by atoms with Crippen molar-refractivity contribution in [2.24, 2.45) is 0 Å². The van der Waals surface area contributed by atoms with Gasteiger partial charge in [0.15, 0.2) is 5.65 Å². The number of pyridine rings is 2. The van der Waals surface area contributed by atoms with Crippen LogP contribution in [0.5, 0.6) is 0 Å². The molecule has 0 saturated carbocycles. The number of nitrogens with zero attached hydrogens (tertiary/aromatic N) is 2. The summed E-state index contributed by atoms with van der Waals surface area (Å²) in [4.78, 5) is 21.5. The topological polar surface area (TPSA) is 64.1 Å². The molecule has 0 atom stereocenters. The number of esters is 1. The number of nitrogens with one attached hydrogen (secondary N) is 1. The Morgan fingerprint density at radius 2 is 1.93 bits per heavy atom. The first-order valence-corrected chi connectivity index (χ1v) is 8.82. The predicted molar refractivity (Wildman–Crippen MR) is 111 cm³/mol. The maximum absolute atomic E-state index is 12.6. The van der Waals surface area contributed by atoms with Crippen LogP contribution in [0.25, 0.3) is 11.0 Å². The summed E-state index contributed by atoms with van der Waals surface area (Å²) in [5, 5.41) is 4.22. The minimum Gasteiger partial charge on any atom is -0.459 e. The Morgan fingerprint density at radius 1 is 1.19 bits per heavy atom. The van der Waals surface area contributed by atoms with Gasteiger partial charge in [-0.25, -0.2) is 14.8 Å². The Morgan fingerprint density at radius 3 is 2.63 bits per heavy atom. The van der Waals surface area contributed by atoms with Crippen molar-refractivity contribution in [3.63, 3.8) is 0 Å². The highest BCUT2D eigenvalue weighted by molar-refractivity contribution is 6.05. The largest absolute Gasteiger partial charge is 0.459 e. The molecule has 0 radical (unpaired) electrons. The summed E-state index contributed by atoms with van der Waals surface area (Å²) in [6.45, 7) is 7.68. The third-order valence-corrected chi connectivity index (χ3v) is 4.09. The number of carbonyl (C=O) groups excluding carboxylic acids is 1. The molecule has 0 fully saturated rings. The minimum absolute atomic E-state index is 0. The molecule has 3 rings (SSSR count). The number of rotatable bonds is 5. The molecule has 0 aliphatic heterocycles. The third-order valence-electron chi connectivity index (χ3n) is 4.09. The van der Waals surface area contributed by atoms with Gasteiger partial charge in [-0.3, -0.25) is 0 Å². The van der Waals surface area contributed by atoms with Gasteiger partial charge in [0.1, 0.15) is 5.56 Å². The molecule has 2 heterocycles. The van der Waals surface area contributed by atoms with Gasteiger partial charge in [-0.2, -0.15) is 0 Å². The van der Waals surface area contributed by atoms with Gasteiger partial charge in [-0.15, -0.1) is 12.4 Å². The van der Waals surface area contributed by atoms with Crippen LogP contribution in [0.3, 0.4) is 0 Å². The van der Waals surface area contributed by atoms with Crippen molar-refractivity contribution in [2.75, 3.05) is 5.32 Å². The maximum Gasteiger partial charge on any atom is 0.342 e. The molecule has 2 aromatic heterocycles. The first-order valence-electron chi connectivity index (χ1n) is 8.82. The Labute approximate surface area is 165 Å². The number of aryl methyl sites for hydroxylation is 2. The summed E-state index contributed by atoms with van der Waals surface area (Å²) in [6, 6.07) is 11.9. The van der Waals surface area contributed by atoms with Gasteiger partial charge < -0.3 is 10.1 Å². The Bertz CT molecular complexity index is 957. The normalized spacial score (nSPS) is 10.6. The maximum atomic E-state index is 12.6. The second kappa shape index (κ2) is 8.82. The molecule has 142 valence electrons. The number of halogens is 1. The summed E-state index contributed by atoms with van der Waals surface area (Å²) >= 11 is 0. The van der Waals surface area contributed by atoms with Gasteiger partial charge in [0.05, 0.1) is 11.8 Å². The van der Waals surface area contributed by atoms with E-state index in [2.05, 4.69) is 28.3 Å². The Balaban J connectivity index is 0.00000261. The van der Waals surface area contributed by atoms with Crippen LogP contribution in [0.4, 0.5) is 11.4 Å². The molecule has 0 spiro atoms. The number of para-hydroxylation sites is 1. The van der Waals surface area contributed by atoms with E-state index in [1.807, 2.05) is 51.1 Å². The summed E-state index contributed by atoms with van der Waals surface area (Å²) in [7, 11) is 0. The van der Waals surface area contributed by atoms with Crippen LogP contribution < -0.4 is 5.32 Å². The molecule has 0 amide bonds. The first-order chi connectivity index (χ1) is 12.5. The lowest BCUT2D eigenvalue weighted by Gasteiger charge is -2.17. The zero-order chi connectivity index (χ0) is 18.7.